The van der Waals surface area contributed by atoms with Crippen LogP contribution in [-0.4, -0.2) is 30.1 Å². The number of halogens is 1. The maximum atomic E-state index is 13.0. The van der Waals surface area contributed by atoms with Crippen molar-refractivity contribution in [3.8, 4) is 0 Å². The zero-order chi connectivity index (χ0) is 21.4. The van der Waals surface area contributed by atoms with E-state index in [1.807, 2.05) is 0 Å². The van der Waals surface area contributed by atoms with Crippen molar-refractivity contribution in [3.05, 3.63) is 65.5 Å². The lowest BCUT2D eigenvalue weighted by Gasteiger charge is -2.19. The summed E-state index contributed by atoms with van der Waals surface area (Å²) < 4.78 is 18.0. The number of amides is 3. The lowest BCUT2D eigenvalue weighted by atomic mass is 10.1. The number of rotatable bonds is 6. The number of alkyl carbamates (subject to hydrolysis) is 1. The van der Waals surface area contributed by atoms with E-state index < -0.39 is 23.4 Å². The van der Waals surface area contributed by atoms with E-state index in [0.717, 1.165) is 0 Å². The van der Waals surface area contributed by atoms with Gasteiger partial charge in [0.2, 0.25) is 5.91 Å². The quantitative estimate of drug-likeness (QED) is 0.692. The van der Waals surface area contributed by atoms with Crippen molar-refractivity contribution < 1.29 is 23.5 Å². The fourth-order valence-corrected chi connectivity index (χ4v) is 2.34. The van der Waals surface area contributed by atoms with Gasteiger partial charge in [0.1, 0.15) is 18.0 Å². The second-order valence-corrected chi connectivity index (χ2v) is 7.25. The van der Waals surface area contributed by atoms with Crippen LogP contribution in [0.4, 0.5) is 14.9 Å². The average Bonchev–Trinajstić information content (AvgIpc) is 2.64. The van der Waals surface area contributed by atoms with Crippen molar-refractivity contribution in [2.45, 2.75) is 32.9 Å². The summed E-state index contributed by atoms with van der Waals surface area (Å²) in [6.07, 6.45) is -0.688. The summed E-state index contributed by atoms with van der Waals surface area (Å²) >= 11 is 0. The Morgan fingerprint density at radius 3 is 2.28 bits per heavy atom. The molecule has 7 nitrogen and oxygen atoms in total. The molecule has 154 valence electrons. The molecule has 0 aromatic heterocycles. The van der Waals surface area contributed by atoms with Crippen LogP contribution in [0.25, 0.3) is 0 Å². The first-order chi connectivity index (χ1) is 13.6. The van der Waals surface area contributed by atoms with Crippen LogP contribution in [0.2, 0.25) is 0 Å². The third kappa shape index (κ3) is 7.61. The van der Waals surface area contributed by atoms with E-state index in [9.17, 15) is 18.8 Å². The molecule has 0 saturated heterocycles. The molecule has 0 unspecified atom stereocenters. The Morgan fingerprint density at radius 2 is 1.62 bits per heavy atom. The summed E-state index contributed by atoms with van der Waals surface area (Å²) in [5.74, 6) is -1.22. The highest BCUT2D eigenvalue weighted by Crippen LogP contribution is 2.15. The monoisotopic (exact) mass is 401 g/mol. The minimum Gasteiger partial charge on any atom is -0.444 e. The van der Waals surface area contributed by atoms with Gasteiger partial charge in [0.05, 0.1) is 0 Å². The van der Waals surface area contributed by atoms with E-state index in [1.54, 1.807) is 45.0 Å². The first-order valence-corrected chi connectivity index (χ1v) is 9.02. The predicted molar refractivity (Wildman–Crippen MR) is 107 cm³/mol. The van der Waals surface area contributed by atoms with E-state index in [-0.39, 0.29) is 19.0 Å². The second-order valence-electron chi connectivity index (χ2n) is 7.25. The van der Waals surface area contributed by atoms with Gasteiger partial charge in [-0.1, -0.05) is 18.2 Å². The molecule has 2 aromatic rings. The molecule has 0 bridgehead atoms. The summed E-state index contributed by atoms with van der Waals surface area (Å²) in [5.41, 5.74) is 0.849. The van der Waals surface area contributed by atoms with Gasteiger partial charge in [-0.15, -0.1) is 0 Å². The maximum absolute atomic E-state index is 13.0. The molecule has 0 saturated carbocycles. The summed E-state index contributed by atoms with van der Waals surface area (Å²) in [6, 6.07) is 12.1. The molecule has 2 rings (SSSR count). The molecule has 0 aliphatic heterocycles. The molecule has 0 fully saturated rings. The first kappa shape index (κ1) is 21.9. The van der Waals surface area contributed by atoms with Crippen molar-refractivity contribution >= 4 is 23.6 Å². The standard InChI is InChI=1S/C21H24FN3O4/c1-21(2,3)29-20(28)24-13-18(26)25-17-7-5-4-6-15(17)12-23-19(27)14-8-10-16(22)11-9-14/h4-11H,12-13H2,1-3H3,(H,23,27)(H,24,28)(H,25,26). The zero-order valence-corrected chi connectivity index (χ0v) is 16.5. The highest BCUT2D eigenvalue weighted by molar-refractivity contribution is 5.95. The number of anilines is 1. The highest BCUT2D eigenvalue weighted by atomic mass is 19.1. The minimum atomic E-state index is -0.688. The molecule has 0 spiro atoms. The summed E-state index contributed by atoms with van der Waals surface area (Å²) in [7, 11) is 0. The first-order valence-electron chi connectivity index (χ1n) is 9.02. The molecule has 0 radical (unpaired) electrons. The van der Waals surface area contributed by atoms with Crippen LogP contribution < -0.4 is 16.0 Å². The van der Waals surface area contributed by atoms with Crippen LogP contribution in [0.5, 0.6) is 0 Å². The van der Waals surface area contributed by atoms with Gasteiger partial charge < -0.3 is 20.7 Å². The Balaban J connectivity index is 1.91. The van der Waals surface area contributed by atoms with E-state index in [1.165, 1.54) is 24.3 Å². The largest absolute Gasteiger partial charge is 0.444 e. The van der Waals surface area contributed by atoms with E-state index >= 15 is 0 Å². The summed E-state index contributed by atoms with van der Waals surface area (Å²) in [4.78, 5) is 35.9. The van der Waals surface area contributed by atoms with Crippen LogP contribution in [0.1, 0.15) is 36.7 Å². The molecule has 8 heteroatoms. The Kier molecular flexibility index (Phi) is 7.30. The molecule has 0 aliphatic rings. The minimum absolute atomic E-state index is 0.159. The maximum Gasteiger partial charge on any atom is 0.408 e. The number of carbonyl (C=O) groups is 3. The van der Waals surface area contributed by atoms with E-state index in [4.69, 9.17) is 4.74 Å². The Labute approximate surface area is 168 Å². The van der Waals surface area contributed by atoms with Crippen molar-refractivity contribution in [1.29, 1.82) is 0 Å². The summed E-state index contributed by atoms with van der Waals surface area (Å²) in [6.45, 7) is 5.08. The Morgan fingerprint density at radius 1 is 0.966 bits per heavy atom. The van der Waals surface area contributed by atoms with Gasteiger partial charge in [0.15, 0.2) is 0 Å². The molecule has 0 aliphatic carbocycles. The van der Waals surface area contributed by atoms with E-state index in [0.29, 0.717) is 16.8 Å². The fraction of sp³-hybridized carbons (Fsp3) is 0.286. The van der Waals surface area contributed by atoms with Crippen LogP contribution in [0, 0.1) is 5.82 Å². The lowest BCUT2D eigenvalue weighted by molar-refractivity contribution is -0.115. The number of para-hydroxylation sites is 1. The van der Waals surface area contributed by atoms with Gasteiger partial charge in [-0.2, -0.15) is 0 Å². The van der Waals surface area contributed by atoms with Gasteiger partial charge in [0.25, 0.3) is 5.91 Å². The van der Waals surface area contributed by atoms with Gasteiger partial charge in [-0.05, 0) is 56.7 Å². The third-order valence-corrected chi connectivity index (χ3v) is 3.63. The normalized spacial score (nSPS) is 10.8. The average molecular weight is 401 g/mol. The van der Waals surface area contributed by atoms with Gasteiger partial charge >= 0.3 is 6.09 Å². The van der Waals surface area contributed by atoms with Gasteiger partial charge in [-0.25, -0.2) is 9.18 Å². The fourth-order valence-electron chi connectivity index (χ4n) is 2.34. The Bertz CT molecular complexity index is 876. The van der Waals surface area contributed by atoms with Crippen molar-refractivity contribution in [3.63, 3.8) is 0 Å². The molecular formula is C21H24FN3O4. The predicted octanol–water partition coefficient (Wildman–Crippen LogP) is 3.22. The number of nitrogens with one attached hydrogen (secondary N) is 3. The molecule has 3 N–H and O–H groups in total. The topological polar surface area (TPSA) is 96.5 Å². The van der Waals surface area contributed by atoms with Crippen molar-refractivity contribution in [2.24, 2.45) is 0 Å². The smallest absolute Gasteiger partial charge is 0.408 e. The molecule has 3 amide bonds. The number of ether oxygens (including phenoxy) is 1. The van der Waals surface area contributed by atoms with Crippen LogP contribution in [0.15, 0.2) is 48.5 Å². The van der Waals surface area contributed by atoms with Gasteiger partial charge in [0, 0.05) is 17.8 Å². The molecule has 2 aromatic carbocycles. The third-order valence-electron chi connectivity index (χ3n) is 3.63. The molecule has 0 atom stereocenters. The van der Waals surface area contributed by atoms with Crippen LogP contribution in [0.3, 0.4) is 0 Å². The highest BCUT2D eigenvalue weighted by Gasteiger charge is 2.17. The van der Waals surface area contributed by atoms with Crippen LogP contribution in [-0.2, 0) is 16.1 Å². The molecule has 0 heterocycles. The van der Waals surface area contributed by atoms with Crippen molar-refractivity contribution in [1.82, 2.24) is 10.6 Å². The second kappa shape index (κ2) is 9.68. The number of benzene rings is 2. The SMILES string of the molecule is CC(C)(C)OC(=O)NCC(=O)Nc1ccccc1CNC(=O)c1ccc(F)cc1. The summed E-state index contributed by atoms with van der Waals surface area (Å²) in [5, 5.41) is 7.79. The number of carbonyl (C=O) groups excluding carboxylic acids is 3. The van der Waals surface area contributed by atoms with Gasteiger partial charge in [-0.3, -0.25) is 9.59 Å². The lowest BCUT2D eigenvalue weighted by Crippen LogP contribution is -2.37. The number of hydrogen-bond donors (Lipinski definition) is 3. The zero-order valence-electron chi connectivity index (χ0n) is 16.5. The van der Waals surface area contributed by atoms with Crippen LogP contribution >= 0.6 is 0 Å². The molecule has 29 heavy (non-hydrogen) atoms. The number of hydrogen-bond acceptors (Lipinski definition) is 4. The van der Waals surface area contributed by atoms with Crippen molar-refractivity contribution in [2.75, 3.05) is 11.9 Å². The molecular weight excluding hydrogens is 377 g/mol. The Hall–Kier alpha value is -3.42. The van der Waals surface area contributed by atoms with E-state index in [2.05, 4.69) is 16.0 Å².